The Morgan fingerprint density at radius 3 is 2.67 bits per heavy atom. The average molecular weight is 451 g/mol. The molecule has 0 unspecified atom stereocenters. The van der Waals surface area contributed by atoms with Crippen LogP contribution in [0.15, 0.2) is 52.4 Å². The van der Waals surface area contributed by atoms with Crippen molar-refractivity contribution in [3.63, 3.8) is 0 Å². The van der Waals surface area contributed by atoms with E-state index in [2.05, 4.69) is 20.6 Å². The van der Waals surface area contributed by atoms with Gasteiger partial charge in [0.2, 0.25) is 0 Å². The Hall–Kier alpha value is -3.11. The summed E-state index contributed by atoms with van der Waals surface area (Å²) in [6.07, 6.45) is 0. The van der Waals surface area contributed by atoms with Gasteiger partial charge in [0.15, 0.2) is 6.61 Å². The standard InChI is InChI=1S/C19H19ClN4O5S/c1-11-9-13(7-8-15(11)20)29-10-17(25)22-23-19(26)12(2)21-18-14-5-3-4-6-16(14)30(27,28)24-18/h3-9,12H,10H2,1-2H3,(H,21,24)(H,22,25)(H,23,26)/t12-/m1/s1. The molecule has 0 aromatic heterocycles. The van der Waals surface area contributed by atoms with E-state index in [9.17, 15) is 18.0 Å². The second kappa shape index (κ2) is 8.72. The lowest BCUT2D eigenvalue weighted by Crippen LogP contribution is -2.47. The second-order valence-corrected chi connectivity index (χ2v) is 8.55. The lowest BCUT2D eigenvalue weighted by atomic mass is 10.2. The van der Waals surface area contributed by atoms with Gasteiger partial charge in [-0.15, -0.1) is 0 Å². The summed E-state index contributed by atoms with van der Waals surface area (Å²) in [5, 5.41) is 0.585. The van der Waals surface area contributed by atoms with Gasteiger partial charge >= 0.3 is 0 Å². The average Bonchev–Trinajstić information content (AvgIpc) is 2.97. The van der Waals surface area contributed by atoms with Gasteiger partial charge in [-0.25, -0.2) is 8.42 Å². The molecule has 1 aliphatic rings. The third kappa shape index (κ3) is 4.89. The fourth-order valence-electron chi connectivity index (χ4n) is 2.61. The molecule has 2 amide bonds. The van der Waals surface area contributed by atoms with E-state index in [0.29, 0.717) is 16.3 Å². The highest BCUT2D eigenvalue weighted by Crippen LogP contribution is 2.23. The topological polar surface area (TPSA) is 126 Å². The van der Waals surface area contributed by atoms with Crippen molar-refractivity contribution < 1.29 is 22.7 Å². The molecule has 2 aromatic rings. The fraction of sp³-hybridized carbons (Fsp3) is 0.211. The van der Waals surface area contributed by atoms with Crippen LogP contribution in [0.2, 0.25) is 5.02 Å². The second-order valence-electron chi connectivity index (χ2n) is 6.49. The molecule has 2 aromatic carbocycles. The Morgan fingerprint density at radius 2 is 1.93 bits per heavy atom. The fourth-order valence-corrected chi connectivity index (χ4v) is 3.97. The molecule has 3 N–H and O–H groups in total. The number of carbonyl (C=O) groups excluding carboxylic acids is 2. The number of amidine groups is 1. The number of nitrogens with zero attached hydrogens (tertiary/aromatic N) is 1. The predicted octanol–water partition coefficient (Wildman–Crippen LogP) is 1.30. The van der Waals surface area contributed by atoms with Gasteiger partial charge in [0, 0.05) is 10.6 Å². The van der Waals surface area contributed by atoms with Crippen molar-refractivity contribution in [3.8, 4) is 5.75 Å². The minimum absolute atomic E-state index is 0.0704. The number of carbonyl (C=O) groups is 2. The summed E-state index contributed by atoms with van der Waals surface area (Å²) in [6.45, 7) is 2.95. The highest BCUT2D eigenvalue weighted by atomic mass is 35.5. The van der Waals surface area contributed by atoms with Gasteiger partial charge < -0.3 is 4.74 Å². The number of hydrazine groups is 1. The molecule has 30 heavy (non-hydrogen) atoms. The van der Waals surface area contributed by atoms with E-state index in [1.165, 1.54) is 13.0 Å². The van der Waals surface area contributed by atoms with Crippen molar-refractivity contribution in [1.82, 2.24) is 15.6 Å². The Kier molecular flexibility index (Phi) is 6.28. The van der Waals surface area contributed by atoms with Gasteiger partial charge in [-0.1, -0.05) is 23.7 Å². The summed E-state index contributed by atoms with van der Waals surface area (Å²) >= 11 is 5.93. The summed E-state index contributed by atoms with van der Waals surface area (Å²) < 4.78 is 31.8. The Balaban J connectivity index is 1.54. The molecule has 9 nitrogen and oxygen atoms in total. The van der Waals surface area contributed by atoms with Crippen molar-refractivity contribution in [2.75, 3.05) is 6.61 Å². The van der Waals surface area contributed by atoms with Crippen molar-refractivity contribution in [3.05, 3.63) is 58.6 Å². The van der Waals surface area contributed by atoms with Crippen LogP contribution in [-0.4, -0.2) is 38.7 Å². The number of nitrogens with one attached hydrogen (secondary N) is 3. The molecule has 1 heterocycles. The first-order valence-electron chi connectivity index (χ1n) is 8.85. The minimum Gasteiger partial charge on any atom is -0.484 e. The smallest absolute Gasteiger partial charge is 0.276 e. The number of fused-ring (bicyclic) bond motifs is 1. The first-order valence-corrected chi connectivity index (χ1v) is 10.7. The SMILES string of the molecule is Cc1cc(OCC(=O)NNC(=O)[C@@H](C)N=C2NS(=O)(=O)c3ccccc32)ccc1Cl. The first kappa shape index (κ1) is 21.6. The maximum absolute atomic E-state index is 12.2. The van der Waals surface area contributed by atoms with Gasteiger partial charge in [-0.05, 0) is 49.7 Å². The van der Waals surface area contributed by atoms with Crippen molar-refractivity contribution >= 4 is 39.3 Å². The number of amides is 2. The van der Waals surface area contributed by atoms with E-state index >= 15 is 0 Å². The summed E-state index contributed by atoms with van der Waals surface area (Å²) in [5.41, 5.74) is 5.64. The first-order chi connectivity index (χ1) is 14.2. The molecule has 158 valence electrons. The number of hydrogen-bond acceptors (Lipinski definition) is 6. The number of aliphatic imine (C=N–C) groups is 1. The number of rotatable bonds is 5. The number of ether oxygens (including phenoxy) is 1. The molecule has 0 spiro atoms. The molecule has 0 fully saturated rings. The Bertz CT molecular complexity index is 1130. The van der Waals surface area contributed by atoms with Crippen LogP contribution in [0.25, 0.3) is 0 Å². The van der Waals surface area contributed by atoms with E-state index in [4.69, 9.17) is 16.3 Å². The quantitative estimate of drug-likeness (QED) is 0.592. The third-order valence-corrected chi connectivity index (χ3v) is 6.01. The summed E-state index contributed by atoms with van der Waals surface area (Å²) in [7, 11) is -3.70. The van der Waals surface area contributed by atoms with Gasteiger partial charge in [0.1, 0.15) is 17.6 Å². The zero-order valence-electron chi connectivity index (χ0n) is 16.1. The zero-order valence-corrected chi connectivity index (χ0v) is 17.7. The van der Waals surface area contributed by atoms with Gasteiger partial charge in [-0.2, -0.15) is 0 Å². The molecule has 3 rings (SSSR count). The van der Waals surface area contributed by atoms with E-state index in [1.807, 2.05) is 0 Å². The molecule has 0 saturated carbocycles. The van der Waals surface area contributed by atoms with Crippen LogP contribution in [0.5, 0.6) is 5.75 Å². The van der Waals surface area contributed by atoms with Crippen LogP contribution in [-0.2, 0) is 19.6 Å². The van der Waals surface area contributed by atoms with Crippen molar-refractivity contribution in [2.45, 2.75) is 24.8 Å². The van der Waals surface area contributed by atoms with E-state index < -0.39 is 27.9 Å². The molecular weight excluding hydrogens is 432 g/mol. The predicted molar refractivity (Wildman–Crippen MR) is 111 cm³/mol. The highest BCUT2D eigenvalue weighted by Gasteiger charge is 2.31. The maximum Gasteiger partial charge on any atom is 0.276 e. The maximum atomic E-state index is 12.2. The monoisotopic (exact) mass is 450 g/mol. The zero-order chi connectivity index (χ0) is 21.9. The number of sulfonamides is 1. The third-order valence-electron chi connectivity index (χ3n) is 4.19. The van der Waals surface area contributed by atoms with Crippen LogP contribution in [0.4, 0.5) is 0 Å². The molecule has 0 radical (unpaired) electrons. The van der Waals surface area contributed by atoms with Crippen molar-refractivity contribution in [2.24, 2.45) is 4.99 Å². The highest BCUT2D eigenvalue weighted by molar-refractivity contribution is 7.90. The van der Waals surface area contributed by atoms with Crippen LogP contribution in [0, 0.1) is 6.92 Å². The van der Waals surface area contributed by atoms with Crippen LogP contribution in [0.3, 0.4) is 0 Å². The normalized spacial score (nSPS) is 16.3. The lowest BCUT2D eigenvalue weighted by Gasteiger charge is -2.12. The van der Waals surface area contributed by atoms with E-state index in [-0.39, 0.29) is 17.3 Å². The number of halogens is 1. The van der Waals surface area contributed by atoms with Crippen LogP contribution >= 0.6 is 11.6 Å². The largest absolute Gasteiger partial charge is 0.484 e. The lowest BCUT2D eigenvalue weighted by molar-refractivity contribution is -0.130. The van der Waals surface area contributed by atoms with E-state index in [0.717, 1.165) is 5.56 Å². The van der Waals surface area contributed by atoms with Gasteiger partial charge in [-0.3, -0.25) is 30.2 Å². The Labute approximate surface area is 178 Å². The van der Waals surface area contributed by atoms with Crippen molar-refractivity contribution in [1.29, 1.82) is 0 Å². The molecule has 1 atom stereocenters. The van der Waals surface area contributed by atoms with Crippen LogP contribution < -0.4 is 20.3 Å². The molecular formula is C19H19ClN4O5S. The van der Waals surface area contributed by atoms with Gasteiger partial charge in [0.25, 0.3) is 21.8 Å². The Morgan fingerprint density at radius 1 is 1.20 bits per heavy atom. The molecule has 0 saturated heterocycles. The van der Waals surface area contributed by atoms with E-state index in [1.54, 1.807) is 43.3 Å². The number of hydrogen-bond donors (Lipinski definition) is 3. The minimum atomic E-state index is -3.70. The summed E-state index contributed by atoms with van der Waals surface area (Å²) in [5.74, 6) is -0.671. The molecule has 0 aliphatic carbocycles. The summed E-state index contributed by atoms with van der Waals surface area (Å²) in [4.78, 5) is 28.3. The number of aryl methyl sites for hydroxylation is 1. The molecule has 11 heteroatoms. The van der Waals surface area contributed by atoms with Crippen LogP contribution in [0.1, 0.15) is 18.1 Å². The summed E-state index contributed by atoms with van der Waals surface area (Å²) in [6, 6.07) is 10.3. The van der Waals surface area contributed by atoms with Gasteiger partial charge in [0.05, 0.1) is 4.90 Å². The molecule has 1 aliphatic heterocycles. The number of benzene rings is 2. The molecule has 0 bridgehead atoms.